The zero-order chi connectivity index (χ0) is 11.9. The molecule has 0 radical (unpaired) electrons. The van der Waals surface area contributed by atoms with Gasteiger partial charge in [-0.25, -0.2) is 0 Å². The highest BCUT2D eigenvalue weighted by atomic mass is 35.5. The van der Waals surface area contributed by atoms with Crippen LogP contribution >= 0.6 is 12.4 Å². The van der Waals surface area contributed by atoms with Crippen LogP contribution in [0.5, 0.6) is 0 Å². The standard InChI is InChI=1S/C13H22N2O2.ClH/c1-10-9-15(6-7-17-10)12(16)11-8-13(11)2-4-14-5-3-13;/h10-11,14H,2-9H2,1H3;1H. The molecule has 1 saturated carbocycles. The van der Waals surface area contributed by atoms with Crippen molar-refractivity contribution in [2.45, 2.75) is 32.3 Å². The minimum atomic E-state index is 0. The number of rotatable bonds is 1. The molecule has 3 aliphatic rings. The topological polar surface area (TPSA) is 41.6 Å². The quantitative estimate of drug-likeness (QED) is 0.777. The Morgan fingerprint density at radius 1 is 1.39 bits per heavy atom. The van der Waals surface area contributed by atoms with Crippen molar-refractivity contribution in [2.75, 3.05) is 32.8 Å². The van der Waals surface area contributed by atoms with Gasteiger partial charge in [0, 0.05) is 19.0 Å². The van der Waals surface area contributed by atoms with Crippen LogP contribution in [0, 0.1) is 11.3 Å². The largest absolute Gasteiger partial charge is 0.375 e. The summed E-state index contributed by atoms with van der Waals surface area (Å²) in [7, 11) is 0. The van der Waals surface area contributed by atoms with Gasteiger partial charge >= 0.3 is 0 Å². The average molecular weight is 275 g/mol. The summed E-state index contributed by atoms with van der Waals surface area (Å²) in [5.74, 6) is 0.706. The Morgan fingerprint density at radius 3 is 2.78 bits per heavy atom. The fourth-order valence-electron chi connectivity index (χ4n) is 3.41. The summed E-state index contributed by atoms with van der Waals surface area (Å²) >= 11 is 0. The molecule has 2 aliphatic heterocycles. The summed E-state index contributed by atoms with van der Waals surface area (Å²) in [6, 6.07) is 0. The van der Waals surface area contributed by atoms with Crippen molar-refractivity contribution in [1.82, 2.24) is 10.2 Å². The SMILES string of the molecule is CC1CN(C(=O)C2CC23CCNCC3)CCO1.Cl. The van der Waals surface area contributed by atoms with Gasteiger partial charge in [-0.3, -0.25) is 4.79 Å². The van der Waals surface area contributed by atoms with Crippen LogP contribution in [0.1, 0.15) is 26.2 Å². The van der Waals surface area contributed by atoms with E-state index in [1.54, 1.807) is 0 Å². The van der Waals surface area contributed by atoms with Crippen LogP contribution < -0.4 is 5.32 Å². The Balaban J connectivity index is 0.00000120. The van der Waals surface area contributed by atoms with E-state index in [2.05, 4.69) is 5.32 Å². The molecular weight excluding hydrogens is 252 g/mol. The molecule has 1 N–H and O–H groups in total. The third-order valence-electron chi connectivity index (χ3n) is 4.64. The van der Waals surface area contributed by atoms with E-state index in [1.165, 1.54) is 12.8 Å². The van der Waals surface area contributed by atoms with Crippen molar-refractivity contribution in [3.05, 3.63) is 0 Å². The maximum atomic E-state index is 12.4. The Labute approximate surface area is 115 Å². The molecule has 1 aliphatic carbocycles. The molecule has 0 aromatic heterocycles. The first-order valence-electron chi connectivity index (χ1n) is 6.82. The summed E-state index contributed by atoms with van der Waals surface area (Å²) in [6.07, 6.45) is 3.70. The van der Waals surface area contributed by atoms with Gasteiger partial charge < -0.3 is 15.0 Å². The van der Waals surface area contributed by atoms with E-state index >= 15 is 0 Å². The normalized spacial score (nSPS) is 33.9. The number of halogens is 1. The molecule has 0 bridgehead atoms. The lowest BCUT2D eigenvalue weighted by molar-refractivity contribution is -0.140. The molecule has 3 rings (SSSR count). The second-order valence-corrected chi connectivity index (χ2v) is 5.83. The summed E-state index contributed by atoms with van der Waals surface area (Å²) in [4.78, 5) is 14.5. The lowest BCUT2D eigenvalue weighted by Crippen LogP contribution is -2.46. The van der Waals surface area contributed by atoms with Crippen LogP contribution in [0.4, 0.5) is 0 Å². The molecule has 4 nitrogen and oxygen atoms in total. The van der Waals surface area contributed by atoms with Gasteiger partial charge in [0.1, 0.15) is 0 Å². The highest BCUT2D eigenvalue weighted by Gasteiger charge is 2.58. The molecule has 1 amide bonds. The van der Waals surface area contributed by atoms with Gasteiger partial charge in [-0.05, 0) is 44.7 Å². The van der Waals surface area contributed by atoms with E-state index in [-0.39, 0.29) is 18.5 Å². The Hall–Kier alpha value is -0.320. The molecule has 1 spiro atoms. The number of carbonyl (C=O) groups is 1. The van der Waals surface area contributed by atoms with Crippen molar-refractivity contribution in [2.24, 2.45) is 11.3 Å². The van der Waals surface area contributed by atoms with Crippen molar-refractivity contribution in [3.8, 4) is 0 Å². The van der Waals surface area contributed by atoms with Crippen LogP contribution in [0.3, 0.4) is 0 Å². The highest BCUT2D eigenvalue weighted by Crippen LogP contribution is 2.59. The highest BCUT2D eigenvalue weighted by molar-refractivity contribution is 5.85. The number of hydrogen-bond donors (Lipinski definition) is 1. The first kappa shape index (κ1) is 14.1. The van der Waals surface area contributed by atoms with E-state index < -0.39 is 0 Å². The van der Waals surface area contributed by atoms with Crippen molar-refractivity contribution >= 4 is 18.3 Å². The van der Waals surface area contributed by atoms with Crippen LogP contribution in [-0.4, -0.2) is 49.7 Å². The smallest absolute Gasteiger partial charge is 0.226 e. The maximum Gasteiger partial charge on any atom is 0.226 e. The Morgan fingerprint density at radius 2 is 2.11 bits per heavy atom. The zero-order valence-electron chi connectivity index (χ0n) is 11.0. The van der Waals surface area contributed by atoms with Crippen LogP contribution in [0.15, 0.2) is 0 Å². The number of nitrogens with one attached hydrogen (secondary N) is 1. The Bertz CT molecular complexity index is 318. The maximum absolute atomic E-state index is 12.4. The molecular formula is C13H23ClN2O2. The van der Waals surface area contributed by atoms with Gasteiger partial charge in [0.15, 0.2) is 0 Å². The summed E-state index contributed by atoms with van der Waals surface area (Å²) < 4.78 is 5.49. The fourth-order valence-corrected chi connectivity index (χ4v) is 3.41. The van der Waals surface area contributed by atoms with E-state index in [0.29, 0.717) is 23.8 Å². The van der Waals surface area contributed by atoms with Crippen LogP contribution in [0.25, 0.3) is 0 Å². The number of carbonyl (C=O) groups excluding carboxylic acids is 1. The van der Waals surface area contributed by atoms with Crippen molar-refractivity contribution in [3.63, 3.8) is 0 Å². The van der Waals surface area contributed by atoms with Gasteiger partial charge in [0.05, 0.1) is 12.7 Å². The van der Waals surface area contributed by atoms with Gasteiger partial charge in [-0.15, -0.1) is 12.4 Å². The molecule has 18 heavy (non-hydrogen) atoms. The van der Waals surface area contributed by atoms with Gasteiger partial charge in [-0.2, -0.15) is 0 Å². The number of nitrogens with zero attached hydrogens (tertiary/aromatic N) is 1. The van der Waals surface area contributed by atoms with Crippen LogP contribution in [0.2, 0.25) is 0 Å². The summed E-state index contributed by atoms with van der Waals surface area (Å²) in [6.45, 7) is 6.49. The first-order chi connectivity index (χ1) is 8.21. The minimum absolute atomic E-state index is 0. The Kier molecular flexibility index (Phi) is 4.19. The molecule has 2 unspecified atom stereocenters. The molecule has 5 heteroatoms. The lowest BCUT2D eigenvalue weighted by atomic mass is 9.91. The predicted octanol–water partition coefficient (Wildman–Crippen LogP) is 1.05. The van der Waals surface area contributed by atoms with E-state index in [1.807, 2.05) is 11.8 Å². The number of ether oxygens (including phenoxy) is 1. The van der Waals surface area contributed by atoms with Gasteiger partial charge in [0.2, 0.25) is 5.91 Å². The summed E-state index contributed by atoms with van der Waals surface area (Å²) in [5.41, 5.74) is 0.365. The second-order valence-electron chi connectivity index (χ2n) is 5.83. The number of piperidine rings is 1. The third-order valence-corrected chi connectivity index (χ3v) is 4.64. The monoisotopic (exact) mass is 274 g/mol. The number of amides is 1. The minimum Gasteiger partial charge on any atom is -0.375 e. The van der Waals surface area contributed by atoms with E-state index in [4.69, 9.17) is 4.74 Å². The van der Waals surface area contributed by atoms with Crippen molar-refractivity contribution in [1.29, 1.82) is 0 Å². The molecule has 2 heterocycles. The molecule has 0 aromatic carbocycles. The first-order valence-corrected chi connectivity index (χ1v) is 6.82. The van der Waals surface area contributed by atoms with Gasteiger partial charge in [0.25, 0.3) is 0 Å². The molecule has 3 fully saturated rings. The van der Waals surface area contributed by atoms with E-state index in [9.17, 15) is 4.79 Å². The lowest BCUT2D eigenvalue weighted by Gasteiger charge is -2.32. The van der Waals surface area contributed by atoms with Crippen molar-refractivity contribution < 1.29 is 9.53 Å². The predicted molar refractivity (Wildman–Crippen MR) is 71.9 cm³/mol. The average Bonchev–Trinajstić information content (AvgIpc) is 3.03. The third kappa shape index (κ3) is 2.51. The molecule has 0 aromatic rings. The van der Waals surface area contributed by atoms with E-state index in [0.717, 1.165) is 32.6 Å². The number of morpholine rings is 1. The molecule has 104 valence electrons. The summed E-state index contributed by atoms with van der Waals surface area (Å²) in [5, 5.41) is 3.38. The molecule has 2 saturated heterocycles. The van der Waals surface area contributed by atoms with Crippen LogP contribution in [-0.2, 0) is 9.53 Å². The van der Waals surface area contributed by atoms with Gasteiger partial charge in [-0.1, -0.05) is 0 Å². The zero-order valence-corrected chi connectivity index (χ0v) is 11.8. The molecule has 2 atom stereocenters. The number of hydrogen-bond acceptors (Lipinski definition) is 3. The second kappa shape index (κ2) is 5.35. The fraction of sp³-hybridized carbons (Fsp3) is 0.923.